The molecule has 3 rings (SSSR count). The van der Waals surface area contributed by atoms with E-state index in [1.807, 2.05) is 37.2 Å². The summed E-state index contributed by atoms with van der Waals surface area (Å²) in [5.41, 5.74) is 3.70. The fraction of sp³-hybridized carbons (Fsp3) is 0.333. The van der Waals surface area contributed by atoms with Crippen molar-refractivity contribution in [1.29, 1.82) is 0 Å². The van der Waals surface area contributed by atoms with E-state index >= 15 is 0 Å². The number of aromatic amines is 1. The number of rotatable bonds is 6. The Morgan fingerprint density at radius 3 is 2.79 bits per heavy atom. The van der Waals surface area contributed by atoms with E-state index in [9.17, 15) is 4.79 Å². The summed E-state index contributed by atoms with van der Waals surface area (Å²) in [6.07, 6.45) is 1.65. The summed E-state index contributed by atoms with van der Waals surface area (Å²) in [6.45, 7) is 4.28. The predicted octanol–water partition coefficient (Wildman–Crippen LogP) is 3.14. The van der Waals surface area contributed by atoms with E-state index in [-0.39, 0.29) is 5.91 Å². The average Bonchev–Trinajstić information content (AvgIpc) is 3.18. The number of carbonyl (C=O) groups is 1. The highest BCUT2D eigenvalue weighted by atomic mass is 32.1. The van der Waals surface area contributed by atoms with Gasteiger partial charge in [0.1, 0.15) is 0 Å². The van der Waals surface area contributed by atoms with Gasteiger partial charge < -0.3 is 14.8 Å². The highest BCUT2D eigenvalue weighted by Gasteiger charge is 2.18. The van der Waals surface area contributed by atoms with E-state index in [0.717, 1.165) is 17.6 Å². The number of imidazole rings is 1. The van der Waals surface area contributed by atoms with Crippen molar-refractivity contribution in [2.24, 2.45) is 0 Å². The second kappa shape index (κ2) is 7.15. The lowest BCUT2D eigenvalue weighted by Crippen LogP contribution is -2.36. The van der Waals surface area contributed by atoms with Crippen LogP contribution in [0.15, 0.2) is 36.0 Å². The Labute approximate surface area is 145 Å². The summed E-state index contributed by atoms with van der Waals surface area (Å²) in [7, 11) is 4.05. The number of carbonyl (C=O) groups excluding carboxylic acids is 1. The molecule has 6 heteroatoms. The number of benzene rings is 1. The fourth-order valence-electron chi connectivity index (χ4n) is 2.56. The number of nitrogens with one attached hydrogen (secondary N) is 1. The Bertz CT molecular complexity index is 836. The Balaban J connectivity index is 1.84. The van der Waals surface area contributed by atoms with Crippen molar-refractivity contribution in [2.75, 3.05) is 27.2 Å². The number of aryl methyl sites for hydroxylation is 1. The molecule has 0 spiro atoms. The van der Waals surface area contributed by atoms with Crippen LogP contribution in [-0.4, -0.2) is 52.9 Å². The van der Waals surface area contributed by atoms with E-state index in [1.165, 1.54) is 10.4 Å². The van der Waals surface area contributed by atoms with Crippen molar-refractivity contribution in [3.8, 4) is 0 Å². The molecule has 0 aliphatic carbocycles. The van der Waals surface area contributed by atoms with Gasteiger partial charge in [0, 0.05) is 23.5 Å². The molecule has 5 nitrogen and oxygen atoms in total. The number of amides is 1. The predicted molar refractivity (Wildman–Crippen MR) is 98.4 cm³/mol. The highest BCUT2D eigenvalue weighted by Crippen LogP contribution is 2.20. The van der Waals surface area contributed by atoms with E-state index in [0.29, 0.717) is 18.7 Å². The largest absolute Gasteiger partial charge is 0.345 e. The van der Waals surface area contributed by atoms with Crippen LogP contribution in [0.2, 0.25) is 0 Å². The normalized spacial score (nSPS) is 11.3. The Hall–Kier alpha value is -2.18. The quantitative estimate of drug-likeness (QED) is 0.749. The van der Waals surface area contributed by atoms with Crippen LogP contribution >= 0.6 is 11.3 Å². The minimum Gasteiger partial charge on any atom is -0.345 e. The van der Waals surface area contributed by atoms with Gasteiger partial charge in [-0.25, -0.2) is 4.98 Å². The molecule has 0 saturated heterocycles. The van der Waals surface area contributed by atoms with Gasteiger partial charge in [-0.2, -0.15) is 0 Å². The Morgan fingerprint density at radius 1 is 1.25 bits per heavy atom. The molecule has 0 unspecified atom stereocenters. The summed E-state index contributed by atoms with van der Waals surface area (Å²) in [5.74, 6) is 0.0566. The van der Waals surface area contributed by atoms with E-state index in [1.54, 1.807) is 17.7 Å². The van der Waals surface area contributed by atoms with Crippen LogP contribution < -0.4 is 0 Å². The van der Waals surface area contributed by atoms with Gasteiger partial charge in [-0.15, -0.1) is 11.3 Å². The molecule has 0 bridgehead atoms. The lowest BCUT2D eigenvalue weighted by Gasteiger charge is -2.24. The first-order valence-corrected chi connectivity index (χ1v) is 8.82. The van der Waals surface area contributed by atoms with Gasteiger partial charge >= 0.3 is 0 Å². The molecule has 2 aromatic heterocycles. The van der Waals surface area contributed by atoms with Gasteiger partial charge in [0.05, 0.1) is 23.9 Å². The summed E-state index contributed by atoms with van der Waals surface area (Å²) in [6, 6.07) is 7.73. The van der Waals surface area contributed by atoms with Crippen molar-refractivity contribution in [1.82, 2.24) is 19.8 Å². The van der Waals surface area contributed by atoms with Crippen molar-refractivity contribution in [2.45, 2.75) is 13.5 Å². The van der Waals surface area contributed by atoms with Gasteiger partial charge in [-0.3, -0.25) is 4.79 Å². The molecule has 0 aliphatic rings. The molecule has 1 N–H and O–H groups in total. The first-order chi connectivity index (χ1) is 11.5. The summed E-state index contributed by atoms with van der Waals surface area (Å²) in [4.78, 5) is 25.6. The van der Waals surface area contributed by atoms with Gasteiger partial charge in [0.25, 0.3) is 5.91 Å². The Morgan fingerprint density at radius 2 is 2.08 bits per heavy atom. The van der Waals surface area contributed by atoms with Crippen LogP contribution in [0.25, 0.3) is 11.0 Å². The van der Waals surface area contributed by atoms with Crippen LogP contribution in [0.1, 0.15) is 20.8 Å². The first-order valence-electron chi connectivity index (χ1n) is 7.94. The zero-order chi connectivity index (χ0) is 17.1. The molecule has 2 heterocycles. The van der Waals surface area contributed by atoms with Crippen LogP contribution in [0.5, 0.6) is 0 Å². The van der Waals surface area contributed by atoms with Gasteiger partial charge in [0.15, 0.2) is 0 Å². The SMILES string of the molecule is Cc1ccsc1CN(CCN(C)C)C(=O)c1ccc2nc[nH]c2c1. The molecule has 0 atom stereocenters. The zero-order valence-corrected chi connectivity index (χ0v) is 15.1. The number of likely N-dealkylation sites (N-methyl/N-ethyl adjacent to an activating group) is 1. The van der Waals surface area contributed by atoms with Crippen LogP contribution in [-0.2, 0) is 6.54 Å². The minimum atomic E-state index is 0.0566. The summed E-state index contributed by atoms with van der Waals surface area (Å²) in [5, 5.41) is 2.08. The maximum absolute atomic E-state index is 13.0. The second-order valence-electron chi connectivity index (χ2n) is 6.19. The first kappa shape index (κ1) is 16.7. The topological polar surface area (TPSA) is 52.2 Å². The van der Waals surface area contributed by atoms with Crippen LogP contribution in [0, 0.1) is 6.92 Å². The standard InChI is InChI=1S/C18H22N4OS/c1-13-6-9-24-17(13)11-22(8-7-21(2)3)18(23)14-4-5-15-16(10-14)20-12-19-15/h4-6,9-10,12H,7-8,11H2,1-3H3,(H,19,20). The molecule has 0 radical (unpaired) electrons. The van der Waals surface area contributed by atoms with Crippen molar-refractivity contribution >= 4 is 28.3 Å². The minimum absolute atomic E-state index is 0.0566. The highest BCUT2D eigenvalue weighted by molar-refractivity contribution is 7.10. The monoisotopic (exact) mass is 342 g/mol. The number of aromatic nitrogens is 2. The van der Waals surface area contributed by atoms with E-state index in [2.05, 4.69) is 33.2 Å². The van der Waals surface area contributed by atoms with Crippen LogP contribution in [0.4, 0.5) is 0 Å². The number of fused-ring (bicyclic) bond motifs is 1. The Kier molecular flexibility index (Phi) is 4.97. The maximum Gasteiger partial charge on any atom is 0.254 e. The van der Waals surface area contributed by atoms with E-state index < -0.39 is 0 Å². The van der Waals surface area contributed by atoms with Gasteiger partial charge in [-0.1, -0.05) is 0 Å². The number of H-pyrrole nitrogens is 1. The molecule has 0 aliphatic heterocycles. The molecular formula is C18H22N4OS. The third kappa shape index (κ3) is 3.66. The van der Waals surface area contributed by atoms with Crippen LogP contribution in [0.3, 0.4) is 0 Å². The molecule has 1 amide bonds. The van der Waals surface area contributed by atoms with Crippen molar-refractivity contribution in [3.05, 3.63) is 52.0 Å². The van der Waals surface area contributed by atoms with Gasteiger partial charge in [0.2, 0.25) is 0 Å². The number of thiophene rings is 1. The summed E-state index contributed by atoms with van der Waals surface area (Å²) < 4.78 is 0. The molecule has 126 valence electrons. The van der Waals surface area contributed by atoms with Gasteiger partial charge in [-0.05, 0) is 56.2 Å². The maximum atomic E-state index is 13.0. The smallest absolute Gasteiger partial charge is 0.254 e. The lowest BCUT2D eigenvalue weighted by atomic mass is 10.1. The lowest BCUT2D eigenvalue weighted by molar-refractivity contribution is 0.0733. The summed E-state index contributed by atoms with van der Waals surface area (Å²) >= 11 is 1.70. The number of nitrogens with zero attached hydrogens (tertiary/aromatic N) is 3. The van der Waals surface area contributed by atoms with E-state index in [4.69, 9.17) is 0 Å². The third-order valence-electron chi connectivity index (χ3n) is 4.07. The third-order valence-corrected chi connectivity index (χ3v) is 5.08. The molecule has 0 saturated carbocycles. The molecule has 3 aromatic rings. The van der Waals surface area contributed by atoms with Crippen molar-refractivity contribution in [3.63, 3.8) is 0 Å². The molecule has 24 heavy (non-hydrogen) atoms. The number of hydrogen-bond donors (Lipinski definition) is 1. The second-order valence-corrected chi connectivity index (χ2v) is 7.19. The average molecular weight is 342 g/mol. The molecule has 1 aromatic carbocycles. The zero-order valence-electron chi connectivity index (χ0n) is 14.2. The van der Waals surface area contributed by atoms with Crippen molar-refractivity contribution < 1.29 is 4.79 Å². The number of hydrogen-bond acceptors (Lipinski definition) is 4. The molecule has 0 fully saturated rings. The fourth-order valence-corrected chi connectivity index (χ4v) is 3.48. The molecular weight excluding hydrogens is 320 g/mol.